The molecule has 3 atom stereocenters. The van der Waals surface area contributed by atoms with E-state index >= 15 is 0 Å². The summed E-state index contributed by atoms with van der Waals surface area (Å²) < 4.78 is 80.3. The zero-order valence-corrected chi connectivity index (χ0v) is 19.9. The molecule has 3 aromatic rings. The molecule has 0 saturated carbocycles. The van der Waals surface area contributed by atoms with Crippen LogP contribution in [0.1, 0.15) is 43.5 Å². The third kappa shape index (κ3) is 4.13. The summed E-state index contributed by atoms with van der Waals surface area (Å²) in [5.41, 5.74) is -3.49. The van der Waals surface area contributed by atoms with Crippen molar-refractivity contribution in [3.8, 4) is 17.3 Å². The molecule has 4 heterocycles. The number of rotatable bonds is 4. The van der Waals surface area contributed by atoms with Gasteiger partial charge in [-0.05, 0) is 30.9 Å². The first kappa shape index (κ1) is 24.8. The molecule has 5 rings (SSSR count). The number of ether oxygens (including phenoxy) is 1. The lowest BCUT2D eigenvalue weighted by molar-refractivity contribution is -0.137. The second-order valence-corrected chi connectivity index (χ2v) is 9.29. The molecular weight excluding hydrogens is 503 g/mol. The van der Waals surface area contributed by atoms with Crippen molar-refractivity contribution < 1.29 is 35.9 Å². The van der Waals surface area contributed by atoms with Crippen molar-refractivity contribution in [1.82, 2.24) is 25.1 Å². The molecule has 0 aliphatic carbocycles. The Morgan fingerprint density at radius 3 is 2.62 bits per heavy atom. The molecule has 37 heavy (non-hydrogen) atoms. The number of aromatic nitrogens is 4. The lowest BCUT2D eigenvalue weighted by atomic mass is 9.64. The van der Waals surface area contributed by atoms with Crippen LogP contribution in [0.4, 0.5) is 32.4 Å². The quantitative estimate of drug-likeness (QED) is 0.475. The van der Waals surface area contributed by atoms with E-state index in [9.17, 15) is 26.7 Å². The van der Waals surface area contributed by atoms with Crippen LogP contribution >= 0.6 is 0 Å². The summed E-state index contributed by atoms with van der Waals surface area (Å²) in [5, 5.41) is 10.3. The van der Waals surface area contributed by atoms with E-state index in [1.54, 1.807) is 6.92 Å². The minimum absolute atomic E-state index is 0.197. The number of alkyl halides is 3. The minimum Gasteiger partial charge on any atom is -0.479 e. The molecule has 1 N–H and O–H groups in total. The first-order valence-corrected chi connectivity index (χ1v) is 11.3. The maximum atomic E-state index is 14.9. The van der Waals surface area contributed by atoms with Gasteiger partial charge in [0.25, 0.3) is 5.88 Å². The monoisotopic (exact) mass is 524 g/mol. The molecule has 2 aliphatic rings. The highest BCUT2D eigenvalue weighted by atomic mass is 19.4. The van der Waals surface area contributed by atoms with Crippen LogP contribution in [0.3, 0.4) is 0 Å². The second kappa shape index (κ2) is 8.63. The minimum atomic E-state index is -4.99. The molecule has 14 heteroatoms. The number of piperidine rings is 1. The molecule has 2 saturated heterocycles. The summed E-state index contributed by atoms with van der Waals surface area (Å²) >= 11 is 0. The van der Waals surface area contributed by atoms with Crippen LogP contribution < -0.4 is 10.1 Å². The number of nitrogens with one attached hydrogen (secondary N) is 1. The summed E-state index contributed by atoms with van der Waals surface area (Å²) in [6, 6.07) is 0.0731. The average molecular weight is 524 g/mol. The SMILES string of the molecule is COc1nc(-c2cc(NC(=O)N3[C@@H]4C[C@H](C)C[C@@]3(c3nnc(C)o3)C4)c(F)cc2C(F)(F)F)ncc1F. The van der Waals surface area contributed by atoms with Crippen molar-refractivity contribution in [1.29, 1.82) is 0 Å². The maximum Gasteiger partial charge on any atom is 0.417 e. The fourth-order valence-electron chi connectivity index (χ4n) is 5.32. The number of methoxy groups -OCH3 is 1. The van der Waals surface area contributed by atoms with Crippen LogP contribution in [0.2, 0.25) is 0 Å². The number of carbonyl (C=O) groups excluding carboxylic acids is 1. The second-order valence-electron chi connectivity index (χ2n) is 9.29. The van der Waals surface area contributed by atoms with Gasteiger partial charge in [-0.15, -0.1) is 10.2 Å². The number of hydrogen-bond donors (Lipinski definition) is 1. The predicted molar refractivity (Wildman–Crippen MR) is 117 cm³/mol. The van der Waals surface area contributed by atoms with Crippen LogP contribution in [0.15, 0.2) is 22.7 Å². The van der Waals surface area contributed by atoms with Crippen LogP contribution in [0.5, 0.6) is 5.88 Å². The Kier molecular flexibility index (Phi) is 5.79. The number of halogens is 5. The molecule has 2 bridgehead atoms. The number of carbonyl (C=O) groups is 1. The summed E-state index contributed by atoms with van der Waals surface area (Å²) in [6.45, 7) is 3.64. The fraction of sp³-hybridized carbons (Fsp3) is 0.435. The van der Waals surface area contributed by atoms with E-state index in [0.717, 1.165) is 13.2 Å². The number of hydrogen-bond acceptors (Lipinski definition) is 7. The van der Waals surface area contributed by atoms with Gasteiger partial charge in [-0.25, -0.2) is 14.2 Å². The van der Waals surface area contributed by atoms with Gasteiger partial charge in [-0.2, -0.15) is 22.5 Å². The Labute approximate surface area is 207 Å². The van der Waals surface area contributed by atoms with Gasteiger partial charge < -0.3 is 19.4 Å². The standard InChI is InChI=1S/C23H21F5N6O3/c1-10-4-12-8-22(7-10,20-33-32-11(2)37-20)34(12)21(35)30-17-5-13(14(6-15(17)24)23(26,27)28)18-29-9-16(25)19(31-18)36-3/h5-6,9-10,12H,4,7-8H2,1-3H3,(H,30,35)/t10-,12+,22-/m0/s1. The summed E-state index contributed by atoms with van der Waals surface area (Å²) in [5.74, 6) is -2.64. The molecule has 0 unspecified atom stereocenters. The number of nitrogens with zero attached hydrogens (tertiary/aromatic N) is 5. The molecule has 9 nitrogen and oxygen atoms in total. The Morgan fingerprint density at radius 1 is 1.22 bits per heavy atom. The Morgan fingerprint density at radius 2 is 1.97 bits per heavy atom. The van der Waals surface area contributed by atoms with Gasteiger partial charge in [-0.1, -0.05) is 6.92 Å². The van der Waals surface area contributed by atoms with Crippen LogP contribution in [-0.4, -0.2) is 44.2 Å². The Hall–Kier alpha value is -3.84. The topological polar surface area (TPSA) is 106 Å². The summed E-state index contributed by atoms with van der Waals surface area (Å²) in [4.78, 5) is 22.1. The number of aryl methyl sites for hydroxylation is 1. The first-order valence-electron chi connectivity index (χ1n) is 11.3. The number of fused-ring (bicyclic) bond motifs is 2. The van der Waals surface area contributed by atoms with E-state index < -0.39 is 57.9 Å². The highest BCUT2D eigenvalue weighted by Gasteiger charge is 2.62. The number of amides is 2. The van der Waals surface area contributed by atoms with Crippen LogP contribution in [0.25, 0.3) is 11.4 Å². The largest absolute Gasteiger partial charge is 0.479 e. The molecule has 2 aliphatic heterocycles. The molecule has 2 amide bonds. The molecule has 0 spiro atoms. The smallest absolute Gasteiger partial charge is 0.417 e. The van der Waals surface area contributed by atoms with Gasteiger partial charge in [0, 0.05) is 24.9 Å². The predicted octanol–water partition coefficient (Wildman–Crippen LogP) is 5.07. The lowest BCUT2D eigenvalue weighted by Crippen LogP contribution is -2.70. The van der Waals surface area contributed by atoms with E-state index in [-0.39, 0.29) is 23.9 Å². The molecule has 2 aromatic heterocycles. The number of urea groups is 1. The highest BCUT2D eigenvalue weighted by Crippen LogP contribution is 2.55. The van der Waals surface area contributed by atoms with Crippen molar-refractivity contribution in [3.05, 3.63) is 47.3 Å². The van der Waals surface area contributed by atoms with Crippen molar-refractivity contribution in [2.45, 2.75) is 50.9 Å². The molecular formula is C23H21F5N6O3. The van der Waals surface area contributed by atoms with Gasteiger partial charge in [0.15, 0.2) is 5.82 Å². The van der Waals surface area contributed by atoms with Gasteiger partial charge in [-0.3, -0.25) is 0 Å². The first-order chi connectivity index (χ1) is 17.4. The van der Waals surface area contributed by atoms with Crippen molar-refractivity contribution in [3.63, 3.8) is 0 Å². The van der Waals surface area contributed by atoms with Crippen LogP contribution in [0, 0.1) is 24.5 Å². The van der Waals surface area contributed by atoms with Crippen molar-refractivity contribution in [2.24, 2.45) is 5.92 Å². The summed E-state index contributed by atoms with van der Waals surface area (Å²) in [6.07, 6.45) is -2.57. The van der Waals surface area contributed by atoms with Gasteiger partial charge in [0.2, 0.25) is 17.6 Å². The summed E-state index contributed by atoms with van der Waals surface area (Å²) in [7, 11) is 1.09. The van der Waals surface area contributed by atoms with Gasteiger partial charge >= 0.3 is 12.2 Å². The fourth-order valence-corrected chi connectivity index (χ4v) is 5.32. The molecule has 196 valence electrons. The van der Waals surface area contributed by atoms with Crippen molar-refractivity contribution in [2.75, 3.05) is 12.4 Å². The third-order valence-corrected chi connectivity index (χ3v) is 6.70. The van der Waals surface area contributed by atoms with E-state index in [1.165, 1.54) is 4.90 Å². The van der Waals surface area contributed by atoms with E-state index in [2.05, 4.69) is 25.5 Å². The average Bonchev–Trinajstić information content (AvgIpc) is 3.26. The highest BCUT2D eigenvalue weighted by molar-refractivity contribution is 5.92. The Balaban J connectivity index is 1.52. The number of anilines is 1. The van der Waals surface area contributed by atoms with E-state index in [4.69, 9.17) is 9.15 Å². The number of benzene rings is 1. The molecule has 0 radical (unpaired) electrons. The Bertz CT molecular complexity index is 1380. The molecule has 1 aromatic carbocycles. The van der Waals surface area contributed by atoms with Crippen LogP contribution in [-0.2, 0) is 11.7 Å². The normalized spacial score (nSPS) is 23.0. The zero-order valence-electron chi connectivity index (χ0n) is 19.9. The lowest BCUT2D eigenvalue weighted by Gasteiger charge is -2.61. The third-order valence-electron chi connectivity index (χ3n) is 6.70. The van der Waals surface area contributed by atoms with E-state index in [1.807, 2.05) is 6.92 Å². The molecule has 2 fully saturated rings. The van der Waals surface area contributed by atoms with Crippen molar-refractivity contribution >= 4 is 11.7 Å². The maximum absolute atomic E-state index is 14.9. The zero-order chi connectivity index (χ0) is 26.7. The van der Waals surface area contributed by atoms with Gasteiger partial charge in [0.1, 0.15) is 11.4 Å². The van der Waals surface area contributed by atoms with Gasteiger partial charge in [0.05, 0.1) is 24.6 Å². The van der Waals surface area contributed by atoms with E-state index in [0.29, 0.717) is 31.4 Å².